The number of carbonyl (C=O) groups excluding carboxylic acids is 1. The highest BCUT2D eigenvalue weighted by Gasteiger charge is 2.55. The minimum atomic E-state index is -0.284. The van der Waals surface area contributed by atoms with E-state index >= 15 is 0 Å². The largest absolute Gasteiger partial charge is 0.490 e. The second-order valence-corrected chi connectivity index (χ2v) is 6.49. The Morgan fingerprint density at radius 2 is 2.14 bits per heavy atom. The van der Waals surface area contributed by atoms with Crippen LogP contribution in [0.4, 0.5) is 4.39 Å². The number of rotatable bonds is 3. The summed E-state index contributed by atoms with van der Waals surface area (Å²) in [4.78, 5) is 15.8. The van der Waals surface area contributed by atoms with Gasteiger partial charge in [0.2, 0.25) is 0 Å². The number of ether oxygens (including phenoxy) is 1. The topological polar surface area (TPSA) is 39.2 Å². The lowest BCUT2D eigenvalue weighted by atomic mass is 9.98. The quantitative estimate of drug-likeness (QED) is 0.866. The number of nitrogens with zero attached hydrogens (tertiary/aromatic N) is 1. The van der Waals surface area contributed by atoms with Crippen molar-refractivity contribution < 1.29 is 13.9 Å². The van der Waals surface area contributed by atoms with Gasteiger partial charge in [-0.2, -0.15) is 0 Å². The number of pyridine rings is 1. The Morgan fingerprint density at radius 3 is 2.95 bits per heavy atom. The highest BCUT2D eigenvalue weighted by molar-refractivity contribution is 5.85. The van der Waals surface area contributed by atoms with E-state index in [1.165, 1.54) is 12.1 Å². The molecule has 114 valence electrons. The third-order valence-corrected chi connectivity index (χ3v) is 5.12. The molecule has 0 unspecified atom stereocenters. The zero-order chi connectivity index (χ0) is 15.3. The van der Waals surface area contributed by atoms with Crippen LogP contribution in [0.5, 0.6) is 5.75 Å². The van der Waals surface area contributed by atoms with Gasteiger partial charge in [0.1, 0.15) is 17.3 Å². The van der Waals surface area contributed by atoms with Crippen molar-refractivity contribution in [2.45, 2.75) is 32.3 Å². The number of hydrogen-bond acceptors (Lipinski definition) is 3. The SMILES string of the molecule is CC(=O)[C@H]1[C@@H]2CC[C@@H](Oc3ccnc4ccc(F)cc34)C[C@@H]21. The lowest BCUT2D eigenvalue weighted by Crippen LogP contribution is -2.21. The van der Waals surface area contributed by atoms with Crippen LogP contribution in [0.1, 0.15) is 26.2 Å². The Labute approximate surface area is 128 Å². The molecule has 2 aliphatic carbocycles. The first-order valence-corrected chi connectivity index (χ1v) is 7.85. The number of carbonyl (C=O) groups is 1. The first-order valence-electron chi connectivity index (χ1n) is 7.85. The van der Waals surface area contributed by atoms with Gasteiger partial charge >= 0.3 is 0 Å². The van der Waals surface area contributed by atoms with Crippen molar-refractivity contribution in [2.75, 3.05) is 0 Å². The van der Waals surface area contributed by atoms with Gasteiger partial charge in [-0.1, -0.05) is 0 Å². The number of aromatic nitrogens is 1. The molecule has 0 saturated heterocycles. The Balaban J connectivity index is 1.55. The number of ketones is 1. The summed E-state index contributed by atoms with van der Waals surface area (Å²) in [5, 5.41) is 0.712. The van der Waals surface area contributed by atoms with Crippen LogP contribution in [0.3, 0.4) is 0 Å². The number of fused-ring (bicyclic) bond motifs is 2. The molecule has 1 aromatic carbocycles. The molecule has 0 bridgehead atoms. The van der Waals surface area contributed by atoms with Crippen LogP contribution in [-0.2, 0) is 4.79 Å². The zero-order valence-corrected chi connectivity index (χ0v) is 12.5. The summed E-state index contributed by atoms with van der Waals surface area (Å²) in [5.41, 5.74) is 0.737. The average Bonchev–Trinajstić information content (AvgIpc) is 3.21. The van der Waals surface area contributed by atoms with Crippen LogP contribution in [0.15, 0.2) is 30.5 Å². The molecule has 22 heavy (non-hydrogen) atoms. The maximum absolute atomic E-state index is 13.5. The number of benzene rings is 1. The predicted molar refractivity (Wildman–Crippen MR) is 81.1 cm³/mol. The van der Waals surface area contributed by atoms with Gasteiger partial charge in [-0.05, 0) is 62.3 Å². The van der Waals surface area contributed by atoms with Crippen molar-refractivity contribution in [2.24, 2.45) is 17.8 Å². The predicted octanol–water partition coefficient (Wildman–Crippen LogP) is 3.76. The second kappa shape index (κ2) is 5.04. The van der Waals surface area contributed by atoms with Gasteiger partial charge in [0.15, 0.2) is 0 Å². The van der Waals surface area contributed by atoms with E-state index in [-0.39, 0.29) is 17.8 Å². The summed E-state index contributed by atoms with van der Waals surface area (Å²) in [5.74, 6) is 2.03. The van der Waals surface area contributed by atoms with Gasteiger partial charge in [-0.25, -0.2) is 4.39 Å². The highest BCUT2D eigenvalue weighted by atomic mass is 19.1. The lowest BCUT2D eigenvalue weighted by Gasteiger charge is -2.23. The van der Waals surface area contributed by atoms with Crippen molar-refractivity contribution in [3.05, 3.63) is 36.3 Å². The van der Waals surface area contributed by atoms with Crippen LogP contribution < -0.4 is 4.74 Å². The fourth-order valence-electron chi connectivity index (χ4n) is 4.05. The zero-order valence-electron chi connectivity index (χ0n) is 12.5. The third-order valence-electron chi connectivity index (χ3n) is 5.12. The first kappa shape index (κ1) is 13.7. The van der Waals surface area contributed by atoms with E-state index in [4.69, 9.17) is 4.74 Å². The van der Waals surface area contributed by atoms with Crippen LogP contribution in [0, 0.1) is 23.6 Å². The fourth-order valence-corrected chi connectivity index (χ4v) is 4.05. The van der Waals surface area contributed by atoms with E-state index in [1.54, 1.807) is 25.3 Å². The third kappa shape index (κ3) is 2.27. The smallest absolute Gasteiger partial charge is 0.133 e. The Morgan fingerprint density at radius 1 is 1.27 bits per heavy atom. The molecule has 2 fully saturated rings. The van der Waals surface area contributed by atoms with E-state index in [0.717, 1.165) is 24.8 Å². The average molecular weight is 299 g/mol. The minimum absolute atomic E-state index is 0.111. The fraction of sp³-hybridized carbons (Fsp3) is 0.444. The lowest BCUT2D eigenvalue weighted by molar-refractivity contribution is -0.118. The molecular weight excluding hydrogens is 281 g/mol. The van der Waals surface area contributed by atoms with Crippen molar-refractivity contribution >= 4 is 16.7 Å². The number of hydrogen-bond donors (Lipinski definition) is 0. The van der Waals surface area contributed by atoms with Crippen LogP contribution in [-0.4, -0.2) is 16.9 Å². The molecule has 4 atom stereocenters. The Hall–Kier alpha value is -1.97. The monoisotopic (exact) mass is 299 g/mol. The van der Waals surface area contributed by atoms with Crippen molar-refractivity contribution in [3.63, 3.8) is 0 Å². The standard InChI is InChI=1S/C18H18FNO2/c1-10(21)18-13-4-3-12(9-14(13)18)22-17-6-7-20-16-5-2-11(19)8-15(16)17/h2,5-8,12-14,18H,3-4,9H2,1H3/t12-,13-,14+,18+/m1/s1. The summed E-state index contributed by atoms with van der Waals surface area (Å²) in [6.45, 7) is 1.69. The van der Waals surface area contributed by atoms with Crippen molar-refractivity contribution in [1.82, 2.24) is 4.98 Å². The normalized spacial score (nSPS) is 29.9. The van der Waals surface area contributed by atoms with Gasteiger partial charge < -0.3 is 4.74 Å². The number of Topliss-reactive ketones (excluding diaryl/α,β-unsaturated/α-hetero) is 1. The molecule has 4 rings (SSSR count). The minimum Gasteiger partial charge on any atom is -0.490 e. The van der Waals surface area contributed by atoms with Gasteiger partial charge in [0.05, 0.1) is 11.6 Å². The molecule has 0 aliphatic heterocycles. The molecule has 2 aliphatic rings. The molecule has 2 saturated carbocycles. The molecule has 1 heterocycles. The van der Waals surface area contributed by atoms with Crippen molar-refractivity contribution in [3.8, 4) is 5.75 Å². The van der Waals surface area contributed by atoms with E-state index in [1.807, 2.05) is 0 Å². The van der Waals surface area contributed by atoms with Crippen LogP contribution in [0.2, 0.25) is 0 Å². The molecule has 1 aromatic heterocycles. The van der Waals surface area contributed by atoms with Gasteiger partial charge in [0, 0.05) is 17.5 Å². The Kier molecular flexibility index (Phi) is 3.13. The molecule has 0 amide bonds. The van der Waals surface area contributed by atoms with E-state index in [0.29, 0.717) is 28.8 Å². The molecule has 0 spiro atoms. The van der Waals surface area contributed by atoms with E-state index < -0.39 is 0 Å². The Bertz CT molecular complexity index is 745. The molecule has 3 nitrogen and oxygen atoms in total. The highest BCUT2D eigenvalue weighted by Crippen LogP contribution is 2.56. The van der Waals surface area contributed by atoms with Gasteiger partial charge in [0.25, 0.3) is 0 Å². The van der Waals surface area contributed by atoms with Gasteiger partial charge in [-0.3, -0.25) is 9.78 Å². The summed E-state index contributed by atoms with van der Waals surface area (Å²) < 4.78 is 19.6. The van der Waals surface area contributed by atoms with Gasteiger partial charge in [-0.15, -0.1) is 0 Å². The maximum atomic E-state index is 13.5. The summed E-state index contributed by atoms with van der Waals surface area (Å²) in [7, 11) is 0. The number of halogens is 1. The molecule has 4 heteroatoms. The first-order chi connectivity index (χ1) is 10.6. The second-order valence-electron chi connectivity index (χ2n) is 6.49. The maximum Gasteiger partial charge on any atom is 0.133 e. The summed E-state index contributed by atoms with van der Waals surface area (Å²) >= 11 is 0. The molecule has 0 radical (unpaired) electrons. The molecular formula is C18H18FNO2. The summed E-state index contributed by atoms with van der Waals surface area (Å²) in [6, 6.07) is 6.34. The van der Waals surface area contributed by atoms with E-state index in [9.17, 15) is 9.18 Å². The molecule has 0 N–H and O–H groups in total. The van der Waals surface area contributed by atoms with Crippen LogP contribution in [0.25, 0.3) is 10.9 Å². The van der Waals surface area contributed by atoms with E-state index in [2.05, 4.69) is 4.98 Å². The van der Waals surface area contributed by atoms with Crippen molar-refractivity contribution in [1.29, 1.82) is 0 Å². The molecule has 2 aromatic rings. The summed E-state index contributed by atoms with van der Waals surface area (Å²) in [6.07, 6.45) is 4.74. The van der Waals surface area contributed by atoms with Crippen LogP contribution >= 0.6 is 0 Å².